The quantitative estimate of drug-likeness (QED) is 0.275. The van der Waals surface area contributed by atoms with Gasteiger partial charge < -0.3 is 13.8 Å². The van der Waals surface area contributed by atoms with Crippen molar-refractivity contribution in [1.82, 2.24) is 0 Å². The van der Waals surface area contributed by atoms with Crippen molar-refractivity contribution in [2.45, 2.75) is 65.2 Å². The molecule has 0 spiro atoms. The van der Waals surface area contributed by atoms with E-state index in [0.29, 0.717) is 12.8 Å². The topological polar surface area (TPSA) is 44.8 Å². The van der Waals surface area contributed by atoms with E-state index < -0.39 is 8.38 Å². The van der Waals surface area contributed by atoms with Crippen molar-refractivity contribution >= 4 is 19.6 Å². The molecule has 3 aromatic rings. The number of hydrogen-bond donors (Lipinski definition) is 0. The van der Waals surface area contributed by atoms with Gasteiger partial charge >= 0.3 is 14.3 Å². The van der Waals surface area contributed by atoms with Gasteiger partial charge in [-0.3, -0.25) is 4.79 Å². The lowest BCUT2D eigenvalue weighted by Gasteiger charge is -2.34. The van der Waals surface area contributed by atoms with Crippen LogP contribution in [0.25, 0.3) is 11.1 Å². The van der Waals surface area contributed by atoms with Gasteiger partial charge in [-0.05, 0) is 40.5 Å². The van der Waals surface area contributed by atoms with Gasteiger partial charge in [0.05, 0.1) is 12.4 Å². The molecule has 0 aliphatic carbocycles. The zero-order valence-corrected chi connectivity index (χ0v) is 22.7. The fourth-order valence-electron chi connectivity index (χ4n) is 4.31. The molecule has 0 bridgehead atoms. The summed E-state index contributed by atoms with van der Waals surface area (Å²) in [7, 11) is 0.0515. The molecule has 0 saturated carbocycles. The summed E-state index contributed by atoms with van der Waals surface area (Å²) in [5.74, 6) is 1.53. The molecular formula is C30H35O4P. The van der Waals surface area contributed by atoms with Gasteiger partial charge in [-0.1, -0.05) is 90.1 Å². The molecule has 0 aromatic heterocycles. The van der Waals surface area contributed by atoms with E-state index in [1.54, 1.807) is 0 Å². The standard InChI is InChI=1S/C30H35O4P/c1-29(2,3)23-18-20(16-17-27(31)32-7)19-24(30(4,5)6)28(23)34-35-26-15-11-9-13-22(26)21-12-8-10-14-25(21)33-35/h8-15,18-19H,16-17H2,1-7H3. The molecule has 0 radical (unpaired) electrons. The molecule has 4 rings (SSSR count). The number of para-hydroxylation sites is 1. The first-order valence-corrected chi connectivity index (χ1v) is 13.3. The van der Waals surface area contributed by atoms with E-state index in [1.165, 1.54) is 7.11 Å². The van der Waals surface area contributed by atoms with Crippen molar-refractivity contribution < 1.29 is 18.6 Å². The van der Waals surface area contributed by atoms with Gasteiger partial charge in [0.25, 0.3) is 0 Å². The third-order valence-electron chi connectivity index (χ3n) is 6.24. The van der Waals surface area contributed by atoms with Gasteiger partial charge in [0.15, 0.2) is 0 Å². The number of carbonyl (C=O) groups excluding carboxylic acids is 1. The van der Waals surface area contributed by atoms with Crippen LogP contribution in [-0.2, 0) is 26.8 Å². The maximum Gasteiger partial charge on any atom is 0.326 e. The summed E-state index contributed by atoms with van der Waals surface area (Å²) in [5, 5.41) is 1.08. The fourth-order valence-corrected chi connectivity index (χ4v) is 5.85. The number of rotatable bonds is 5. The van der Waals surface area contributed by atoms with Gasteiger partial charge in [0.2, 0.25) is 0 Å². The summed E-state index contributed by atoms with van der Waals surface area (Å²) in [5.41, 5.74) is 5.26. The van der Waals surface area contributed by atoms with Crippen LogP contribution < -0.4 is 14.4 Å². The largest absolute Gasteiger partial charge is 0.469 e. The van der Waals surface area contributed by atoms with Crippen molar-refractivity contribution in [3.63, 3.8) is 0 Å². The fraction of sp³-hybridized carbons (Fsp3) is 0.367. The minimum Gasteiger partial charge on any atom is -0.469 e. The van der Waals surface area contributed by atoms with Crippen molar-refractivity contribution in [3.8, 4) is 22.6 Å². The average Bonchev–Trinajstić information content (AvgIpc) is 2.81. The Morgan fingerprint density at radius 1 is 0.857 bits per heavy atom. The lowest BCUT2D eigenvalue weighted by Crippen LogP contribution is -2.23. The van der Waals surface area contributed by atoms with Crippen LogP contribution in [0.5, 0.6) is 11.5 Å². The molecular weight excluding hydrogens is 455 g/mol. The molecule has 1 unspecified atom stereocenters. The number of aryl methyl sites for hydroxylation is 1. The minimum absolute atomic E-state index is 0.168. The van der Waals surface area contributed by atoms with Gasteiger partial charge in [-0.25, -0.2) is 0 Å². The molecule has 0 fully saturated rings. The maximum atomic E-state index is 11.8. The van der Waals surface area contributed by atoms with Crippen molar-refractivity contribution in [3.05, 3.63) is 77.4 Å². The lowest BCUT2D eigenvalue weighted by molar-refractivity contribution is -0.140. The van der Waals surface area contributed by atoms with Crippen LogP contribution in [0.3, 0.4) is 0 Å². The highest BCUT2D eigenvalue weighted by molar-refractivity contribution is 7.57. The number of methoxy groups -OCH3 is 1. The predicted octanol–water partition coefficient (Wildman–Crippen LogP) is 7.46. The van der Waals surface area contributed by atoms with Gasteiger partial charge in [0, 0.05) is 23.1 Å². The van der Waals surface area contributed by atoms with Crippen molar-refractivity contribution in [2.75, 3.05) is 7.11 Å². The molecule has 3 aromatic carbocycles. The zero-order valence-electron chi connectivity index (χ0n) is 21.8. The summed E-state index contributed by atoms with van der Waals surface area (Å²) in [4.78, 5) is 11.8. The number of carbonyl (C=O) groups is 1. The Kier molecular flexibility index (Phi) is 6.97. The third-order valence-corrected chi connectivity index (χ3v) is 7.74. The summed E-state index contributed by atoms with van der Waals surface area (Å²) in [6, 6.07) is 20.9. The molecule has 1 aliphatic rings. The molecule has 4 nitrogen and oxygen atoms in total. The number of hydrogen-bond acceptors (Lipinski definition) is 4. The normalized spacial score (nSPS) is 15.0. The SMILES string of the molecule is COC(=O)CCc1cc(C(C)(C)C)c(OP2Oc3ccccc3-c3ccccc32)c(C(C)(C)C)c1. The molecule has 35 heavy (non-hydrogen) atoms. The molecule has 0 amide bonds. The smallest absolute Gasteiger partial charge is 0.326 e. The number of ether oxygens (including phenoxy) is 1. The van der Waals surface area contributed by atoms with E-state index in [2.05, 4.69) is 77.9 Å². The Bertz CT molecular complexity index is 1200. The van der Waals surface area contributed by atoms with E-state index in [-0.39, 0.29) is 16.8 Å². The van der Waals surface area contributed by atoms with Crippen LogP contribution in [-0.4, -0.2) is 13.1 Å². The van der Waals surface area contributed by atoms with Crippen LogP contribution >= 0.6 is 8.38 Å². The Labute approximate surface area is 210 Å². The lowest BCUT2D eigenvalue weighted by atomic mass is 9.78. The Balaban J connectivity index is 1.83. The second-order valence-corrected chi connectivity index (χ2v) is 12.4. The molecule has 0 N–H and O–H groups in total. The number of esters is 1. The minimum atomic E-state index is -1.38. The first kappa shape index (κ1) is 25.3. The Morgan fingerprint density at radius 2 is 1.43 bits per heavy atom. The summed E-state index contributed by atoms with van der Waals surface area (Å²) >= 11 is 0. The van der Waals surface area contributed by atoms with E-state index in [0.717, 1.165) is 44.6 Å². The van der Waals surface area contributed by atoms with Crippen molar-refractivity contribution in [2.24, 2.45) is 0 Å². The average molecular weight is 491 g/mol. The van der Waals surface area contributed by atoms with Gasteiger partial charge in [0.1, 0.15) is 11.5 Å². The third kappa shape index (κ3) is 5.38. The van der Waals surface area contributed by atoms with E-state index in [1.807, 2.05) is 24.3 Å². The first-order valence-electron chi connectivity index (χ1n) is 12.1. The highest BCUT2D eigenvalue weighted by Gasteiger charge is 2.34. The predicted molar refractivity (Wildman–Crippen MR) is 144 cm³/mol. The van der Waals surface area contributed by atoms with Crippen LogP contribution in [0.4, 0.5) is 0 Å². The Hall–Kier alpha value is -2.84. The number of benzene rings is 3. The number of fused-ring (bicyclic) bond motifs is 3. The summed E-state index contributed by atoms with van der Waals surface area (Å²) in [6.07, 6.45) is 0.977. The van der Waals surface area contributed by atoms with Crippen LogP contribution in [0, 0.1) is 0 Å². The molecule has 5 heteroatoms. The first-order chi connectivity index (χ1) is 16.5. The monoisotopic (exact) mass is 490 g/mol. The molecule has 1 atom stereocenters. The van der Waals surface area contributed by atoms with E-state index >= 15 is 0 Å². The van der Waals surface area contributed by atoms with Crippen LogP contribution in [0.2, 0.25) is 0 Å². The molecule has 0 saturated heterocycles. The highest BCUT2D eigenvalue weighted by Crippen LogP contribution is 2.52. The van der Waals surface area contributed by atoms with E-state index in [4.69, 9.17) is 13.8 Å². The molecule has 1 aliphatic heterocycles. The maximum absolute atomic E-state index is 11.8. The van der Waals surface area contributed by atoms with Gasteiger partial charge in [-0.2, -0.15) is 0 Å². The summed E-state index contributed by atoms with van der Waals surface area (Å²) < 4.78 is 18.3. The summed E-state index contributed by atoms with van der Waals surface area (Å²) in [6.45, 7) is 13.2. The molecule has 1 heterocycles. The van der Waals surface area contributed by atoms with E-state index in [9.17, 15) is 4.79 Å². The highest BCUT2D eigenvalue weighted by atomic mass is 31.2. The zero-order chi connectivity index (χ0) is 25.4. The van der Waals surface area contributed by atoms with Crippen molar-refractivity contribution in [1.29, 1.82) is 0 Å². The van der Waals surface area contributed by atoms with Crippen LogP contribution in [0.1, 0.15) is 64.7 Å². The Morgan fingerprint density at radius 3 is 2.03 bits per heavy atom. The van der Waals surface area contributed by atoms with Gasteiger partial charge in [-0.15, -0.1) is 0 Å². The second-order valence-electron chi connectivity index (χ2n) is 11.0. The molecule has 184 valence electrons. The van der Waals surface area contributed by atoms with Crippen LogP contribution in [0.15, 0.2) is 60.7 Å². The second kappa shape index (κ2) is 9.66.